The standard InChI is InChI=1S/C17H17NO4/c1-10(17(19)21-3)18-13-9-15-12(8-16(13)20-2)11-6-4-5-7-14(11)22-15/h4-10,18H,1-3H3/t10-/m0/s1. The van der Waals surface area contributed by atoms with Gasteiger partial charge < -0.3 is 19.2 Å². The van der Waals surface area contributed by atoms with Gasteiger partial charge in [0.25, 0.3) is 0 Å². The van der Waals surface area contributed by atoms with E-state index in [9.17, 15) is 4.79 Å². The predicted octanol–water partition coefficient (Wildman–Crippen LogP) is 3.57. The minimum Gasteiger partial charge on any atom is -0.495 e. The van der Waals surface area contributed by atoms with Crippen molar-refractivity contribution in [3.8, 4) is 5.75 Å². The summed E-state index contributed by atoms with van der Waals surface area (Å²) >= 11 is 0. The number of benzene rings is 2. The van der Waals surface area contributed by atoms with Gasteiger partial charge in [-0.1, -0.05) is 18.2 Å². The number of fused-ring (bicyclic) bond motifs is 3. The van der Waals surface area contributed by atoms with E-state index in [2.05, 4.69) is 5.32 Å². The average molecular weight is 299 g/mol. The van der Waals surface area contributed by atoms with E-state index in [1.807, 2.05) is 36.4 Å². The molecule has 0 unspecified atom stereocenters. The molecule has 0 spiro atoms. The van der Waals surface area contributed by atoms with Crippen molar-refractivity contribution in [3.63, 3.8) is 0 Å². The van der Waals surface area contributed by atoms with Crippen LogP contribution in [0.4, 0.5) is 5.69 Å². The second-order valence-corrected chi connectivity index (χ2v) is 5.04. The van der Waals surface area contributed by atoms with Crippen LogP contribution in [-0.4, -0.2) is 26.2 Å². The Balaban J connectivity index is 2.10. The maximum atomic E-state index is 11.6. The van der Waals surface area contributed by atoms with Gasteiger partial charge in [-0.05, 0) is 19.1 Å². The molecule has 5 nitrogen and oxygen atoms in total. The van der Waals surface area contributed by atoms with Gasteiger partial charge in [0, 0.05) is 16.8 Å². The molecule has 0 bridgehead atoms. The molecule has 5 heteroatoms. The molecule has 3 aromatic rings. The zero-order valence-corrected chi connectivity index (χ0v) is 12.7. The van der Waals surface area contributed by atoms with Crippen LogP contribution in [0.15, 0.2) is 40.8 Å². The van der Waals surface area contributed by atoms with Crippen LogP contribution in [0.1, 0.15) is 6.92 Å². The van der Waals surface area contributed by atoms with Crippen LogP contribution < -0.4 is 10.1 Å². The molecule has 1 heterocycles. The summed E-state index contributed by atoms with van der Waals surface area (Å²) in [4.78, 5) is 11.6. The Morgan fingerprint density at radius 1 is 1.14 bits per heavy atom. The van der Waals surface area contributed by atoms with E-state index in [-0.39, 0.29) is 5.97 Å². The normalized spacial score (nSPS) is 12.3. The fourth-order valence-electron chi connectivity index (χ4n) is 2.50. The highest BCUT2D eigenvalue weighted by atomic mass is 16.5. The molecule has 0 aliphatic carbocycles. The lowest BCUT2D eigenvalue weighted by atomic mass is 10.1. The van der Waals surface area contributed by atoms with Gasteiger partial charge >= 0.3 is 5.97 Å². The summed E-state index contributed by atoms with van der Waals surface area (Å²) < 4.78 is 16.0. The van der Waals surface area contributed by atoms with E-state index in [4.69, 9.17) is 13.9 Å². The summed E-state index contributed by atoms with van der Waals surface area (Å²) in [6.45, 7) is 1.73. The Kier molecular flexibility index (Phi) is 3.63. The van der Waals surface area contributed by atoms with E-state index in [1.54, 1.807) is 14.0 Å². The Morgan fingerprint density at radius 3 is 2.64 bits per heavy atom. The molecule has 2 aromatic carbocycles. The number of methoxy groups -OCH3 is 2. The van der Waals surface area contributed by atoms with Crippen molar-refractivity contribution in [2.45, 2.75) is 13.0 Å². The minimum atomic E-state index is -0.485. The number of anilines is 1. The zero-order chi connectivity index (χ0) is 15.7. The van der Waals surface area contributed by atoms with E-state index < -0.39 is 6.04 Å². The Hall–Kier alpha value is -2.69. The first-order valence-electron chi connectivity index (χ1n) is 6.97. The molecule has 1 N–H and O–H groups in total. The van der Waals surface area contributed by atoms with Crippen LogP contribution in [0.2, 0.25) is 0 Å². The minimum absolute atomic E-state index is 0.341. The molecule has 22 heavy (non-hydrogen) atoms. The average Bonchev–Trinajstić information content (AvgIpc) is 2.90. The molecular weight excluding hydrogens is 282 g/mol. The van der Waals surface area contributed by atoms with Crippen LogP contribution in [0, 0.1) is 0 Å². The third-order valence-corrected chi connectivity index (χ3v) is 3.63. The Morgan fingerprint density at radius 2 is 1.91 bits per heavy atom. The monoisotopic (exact) mass is 299 g/mol. The number of hydrogen-bond acceptors (Lipinski definition) is 5. The molecule has 0 aliphatic rings. The van der Waals surface area contributed by atoms with Gasteiger partial charge in [0.15, 0.2) is 0 Å². The van der Waals surface area contributed by atoms with Crippen molar-refractivity contribution in [1.29, 1.82) is 0 Å². The molecule has 1 atom stereocenters. The Labute approximate surface area is 127 Å². The van der Waals surface area contributed by atoms with Gasteiger partial charge in [-0.15, -0.1) is 0 Å². The summed E-state index contributed by atoms with van der Waals surface area (Å²) in [5, 5.41) is 5.10. The van der Waals surface area contributed by atoms with Gasteiger partial charge in [-0.2, -0.15) is 0 Å². The first-order valence-corrected chi connectivity index (χ1v) is 6.97. The highest BCUT2D eigenvalue weighted by molar-refractivity contribution is 6.06. The van der Waals surface area contributed by atoms with Crippen molar-refractivity contribution >= 4 is 33.6 Å². The molecule has 0 fully saturated rings. The number of esters is 1. The van der Waals surface area contributed by atoms with Gasteiger partial charge in [0.05, 0.1) is 19.9 Å². The molecule has 1 aromatic heterocycles. The number of ether oxygens (including phenoxy) is 2. The van der Waals surface area contributed by atoms with Crippen LogP contribution in [0.25, 0.3) is 21.9 Å². The number of carbonyl (C=O) groups is 1. The first kappa shape index (κ1) is 14.3. The summed E-state index contributed by atoms with van der Waals surface area (Å²) in [5.74, 6) is 0.307. The number of hydrogen-bond donors (Lipinski definition) is 1. The van der Waals surface area contributed by atoms with Gasteiger partial charge in [-0.3, -0.25) is 0 Å². The van der Waals surface area contributed by atoms with Crippen molar-refractivity contribution < 1.29 is 18.7 Å². The van der Waals surface area contributed by atoms with Crippen molar-refractivity contribution in [2.75, 3.05) is 19.5 Å². The van der Waals surface area contributed by atoms with Gasteiger partial charge in [0.1, 0.15) is 23.0 Å². The lowest BCUT2D eigenvalue weighted by molar-refractivity contribution is -0.141. The Bertz CT molecular complexity index is 837. The number of nitrogens with one attached hydrogen (secondary N) is 1. The predicted molar refractivity (Wildman–Crippen MR) is 85.4 cm³/mol. The third kappa shape index (κ3) is 2.35. The topological polar surface area (TPSA) is 60.7 Å². The van der Waals surface area contributed by atoms with E-state index >= 15 is 0 Å². The molecule has 3 rings (SSSR count). The van der Waals surface area contributed by atoms with Crippen molar-refractivity contribution in [1.82, 2.24) is 0 Å². The molecule has 0 saturated carbocycles. The van der Waals surface area contributed by atoms with Crippen molar-refractivity contribution in [2.24, 2.45) is 0 Å². The summed E-state index contributed by atoms with van der Waals surface area (Å²) in [6, 6.07) is 11.1. The number of para-hydroxylation sites is 1. The second kappa shape index (κ2) is 5.60. The number of carbonyl (C=O) groups excluding carboxylic acids is 1. The SMILES string of the molecule is COC(=O)[C@H](C)Nc1cc2oc3ccccc3c2cc1OC. The van der Waals surface area contributed by atoms with Crippen LogP contribution in [-0.2, 0) is 9.53 Å². The molecule has 0 aliphatic heterocycles. The summed E-state index contributed by atoms with van der Waals surface area (Å²) in [5.41, 5.74) is 2.24. The van der Waals surface area contributed by atoms with Gasteiger partial charge in [0.2, 0.25) is 0 Å². The number of furan rings is 1. The second-order valence-electron chi connectivity index (χ2n) is 5.04. The van der Waals surface area contributed by atoms with E-state index in [1.165, 1.54) is 7.11 Å². The highest BCUT2D eigenvalue weighted by Gasteiger charge is 2.17. The lowest BCUT2D eigenvalue weighted by Crippen LogP contribution is -2.27. The number of rotatable bonds is 4. The first-order chi connectivity index (χ1) is 10.6. The quantitative estimate of drug-likeness (QED) is 0.746. The molecular formula is C17H17NO4. The fraction of sp³-hybridized carbons (Fsp3) is 0.235. The fourth-order valence-corrected chi connectivity index (χ4v) is 2.50. The lowest BCUT2D eigenvalue weighted by Gasteiger charge is -2.15. The largest absolute Gasteiger partial charge is 0.495 e. The summed E-state index contributed by atoms with van der Waals surface area (Å²) in [7, 11) is 2.96. The third-order valence-electron chi connectivity index (χ3n) is 3.63. The zero-order valence-electron chi connectivity index (χ0n) is 12.7. The van der Waals surface area contributed by atoms with E-state index in [0.29, 0.717) is 11.4 Å². The summed E-state index contributed by atoms with van der Waals surface area (Å²) in [6.07, 6.45) is 0. The van der Waals surface area contributed by atoms with E-state index in [0.717, 1.165) is 21.9 Å². The molecule has 114 valence electrons. The molecule has 0 radical (unpaired) electrons. The smallest absolute Gasteiger partial charge is 0.327 e. The van der Waals surface area contributed by atoms with Crippen LogP contribution >= 0.6 is 0 Å². The molecule has 0 amide bonds. The maximum absolute atomic E-state index is 11.6. The van der Waals surface area contributed by atoms with Crippen LogP contribution in [0.5, 0.6) is 5.75 Å². The van der Waals surface area contributed by atoms with Crippen LogP contribution in [0.3, 0.4) is 0 Å². The highest BCUT2D eigenvalue weighted by Crippen LogP contribution is 2.36. The maximum Gasteiger partial charge on any atom is 0.327 e. The van der Waals surface area contributed by atoms with Gasteiger partial charge in [-0.25, -0.2) is 4.79 Å². The van der Waals surface area contributed by atoms with Crippen molar-refractivity contribution in [3.05, 3.63) is 36.4 Å². The molecule has 0 saturated heterocycles.